The summed E-state index contributed by atoms with van der Waals surface area (Å²) in [5, 5.41) is 20.8. The van der Waals surface area contributed by atoms with E-state index in [1.54, 1.807) is 24.3 Å². The summed E-state index contributed by atoms with van der Waals surface area (Å²) < 4.78 is 0. The topological polar surface area (TPSA) is 86.6 Å². The molecule has 0 unspecified atom stereocenters. The highest BCUT2D eigenvalue weighted by molar-refractivity contribution is 5.73. The van der Waals surface area contributed by atoms with Crippen molar-refractivity contribution in [3.63, 3.8) is 0 Å². The van der Waals surface area contributed by atoms with Gasteiger partial charge in [0.1, 0.15) is 5.75 Å². The monoisotopic (exact) mass is 249 g/mol. The quantitative estimate of drug-likeness (QED) is 0.731. The van der Waals surface area contributed by atoms with Gasteiger partial charge in [0.15, 0.2) is 0 Å². The Kier molecular flexibility index (Phi) is 4.92. The third-order valence-corrected chi connectivity index (χ3v) is 2.21. The number of phenols is 1. The van der Waals surface area contributed by atoms with Crippen LogP contribution in [0.4, 0.5) is 0 Å². The minimum Gasteiger partial charge on any atom is -0.507 e. The Morgan fingerprint density at radius 2 is 2.11 bits per heavy atom. The lowest BCUT2D eigenvalue weighted by molar-refractivity contribution is -0.136. The summed E-state index contributed by atoms with van der Waals surface area (Å²) in [5.74, 6) is -0.986. The summed E-state index contributed by atoms with van der Waals surface area (Å²) in [4.78, 5) is 21.2. The van der Waals surface area contributed by atoms with Gasteiger partial charge in [-0.1, -0.05) is 18.2 Å². The van der Waals surface area contributed by atoms with Crippen molar-refractivity contribution >= 4 is 18.0 Å². The number of carbonyl (C=O) groups is 2. The number of nitrogens with one attached hydrogen (secondary N) is 1. The molecule has 0 aliphatic heterocycles. The van der Waals surface area contributed by atoms with E-state index in [0.717, 1.165) is 0 Å². The van der Waals surface area contributed by atoms with Crippen molar-refractivity contribution in [1.29, 1.82) is 0 Å². The molecule has 0 heterocycles. The van der Waals surface area contributed by atoms with Crippen LogP contribution in [0.15, 0.2) is 24.3 Å². The van der Waals surface area contributed by atoms with Crippen LogP contribution in [0.25, 0.3) is 6.08 Å². The maximum atomic E-state index is 10.6. The number of amides is 1. The zero-order valence-electron chi connectivity index (χ0n) is 10.0. The Morgan fingerprint density at radius 1 is 1.39 bits per heavy atom. The first kappa shape index (κ1) is 13.8. The van der Waals surface area contributed by atoms with Crippen molar-refractivity contribution in [3.05, 3.63) is 35.4 Å². The Morgan fingerprint density at radius 3 is 2.72 bits per heavy atom. The maximum Gasteiger partial charge on any atom is 0.307 e. The van der Waals surface area contributed by atoms with Crippen molar-refractivity contribution in [2.45, 2.75) is 13.3 Å². The van der Waals surface area contributed by atoms with Gasteiger partial charge in [0.25, 0.3) is 0 Å². The fourth-order valence-corrected chi connectivity index (χ4v) is 1.41. The van der Waals surface area contributed by atoms with E-state index in [4.69, 9.17) is 5.11 Å². The van der Waals surface area contributed by atoms with Crippen LogP contribution in [0.2, 0.25) is 0 Å². The van der Waals surface area contributed by atoms with Crippen LogP contribution in [0.1, 0.15) is 18.1 Å². The van der Waals surface area contributed by atoms with E-state index in [1.807, 2.05) is 0 Å². The van der Waals surface area contributed by atoms with Crippen molar-refractivity contribution in [2.75, 3.05) is 6.54 Å². The fraction of sp³-hybridized carbons (Fsp3) is 0.231. The summed E-state index contributed by atoms with van der Waals surface area (Å²) in [6.45, 7) is 1.77. The number of phenolic OH excluding ortho intramolecular Hbond substituents is 1. The average Bonchev–Trinajstić information content (AvgIpc) is 2.27. The highest BCUT2D eigenvalue weighted by Gasteiger charge is 2.03. The van der Waals surface area contributed by atoms with Gasteiger partial charge in [0.2, 0.25) is 5.91 Å². The molecule has 18 heavy (non-hydrogen) atoms. The van der Waals surface area contributed by atoms with Gasteiger partial charge in [-0.05, 0) is 17.7 Å². The van der Waals surface area contributed by atoms with E-state index < -0.39 is 5.97 Å². The lowest BCUT2D eigenvalue weighted by atomic mass is 10.1. The number of hydrogen-bond donors (Lipinski definition) is 3. The van der Waals surface area contributed by atoms with E-state index in [2.05, 4.69) is 5.32 Å². The van der Waals surface area contributed by atoms with E-state index >= 15 is 0 Å². The molecule has 5 heteroatoms. The smallest absolute Gasteiger partial charge is 0.307 e. The molecule has 0 bridgehead atoms. The molecule has 1 aromatic rings. The minimum atomic E-state index is -0.922. The second-order valence-corrected chi connectivity index (χ2v) is 3.80. The van der Waals surface area contributed by atoms with Gasteiger partial charge in [-0.15, -0.1) is 0 Å². The molecule has 0 aliphatic carbocycles. The molecule has 1 rings (SSSR count). The number of hydrogen-bond acceptors (Lipinski definition) is 3. The molecule has 0 spiro atoms. The van der Waals surface area contributed by atoms with E-state index in [1.165, 1.54) is 13.0 Å². The second kappa shape index (κ2) is 6.44. The molecule has 0 saturated heterocycles. The lowest BCUT2D eigenvalue weighted by Crippen LogP contribution is -2.19. The first-order chi connectivity index (χ1) is 8.49. The molecule has 0 aliphatic rings. The maximum absolute atomic E-state index is 10.6. The highest BCUT2D eigenvalue weighted by Crippen LogP contribution is 2.20. The molecule has 1 aromatic carbocycles. The Hall–Kier alpha value is -2.30. The van der Waals surface area contributed by atoms with E-state index in [-0.39, 0.29) is 18.1 Å². The van der Waals surface area contributed by atoms with Crippen LogP contribution in [-0.4, -0.2) is 28.6 Å². The number of benzene rings is 1. The Bertz CT molecular complexity index is 480. The van der Waals surface area contributed by atoms with E-state index in [9.17, 15) is 14.7 Å². The standard InChI is InChI=1S/C13H15NO4/c1-9(15)14-6-2-3-11-7-10(8-13(17)18)4-5-12(11)16/h2-5,7,16H,6,8H2,1H3,(H,14,15)(H,17,18). The minimum absolute atomic E-state index is 0.0724. The number of carbonyl (C=O) groups excluding carboxylic acids is 1. The Balaban J connectivity index is 2.74. The molecule has 3 N–H and O–H groups in total. The third-order valence-electron chi connectivity index (χ3n) is 2.21. The number of aliphatic carboxylic acids is 1. The van der Waals surface area contributed by atoms with Gasteiger partial charge in [0, 0.05) is 19.0 Å². The molecule has 96 valence electrons. The molecule has 1 amide bonds. The molecule has 0 fully saturated rings. The SMILES string of the molecule is CC(=O)NCC=Cc1cc(CC(=O)O)ccc1O. The molecular weight excluding hydrogens is 234 g/mol. The molecule has 5 nitrogen and oxygen atoms in total. The van der Waals surface area contributed by atoms with Crippen LogP contribution in [0.5, 0.6) is 5.75 Å². The summed E-state index contributed by atoms with van der Waals surface area (Å²) in [7, 11) is 0. The van der Waals surface area contributed by atoms with Gasteiger partial charge in [0.05, 0.1) is 6.42 Å². The first-order valence-electron chi connectivity index (χ1n) is 5.43. The number of aromatic hydroxyl groups is 1. The number of carboxylic acid groups (broad SMARTS) is 1. The summed E-state index contributed by atoms with van der Waals surface area (Å²) in [5.41, 5.74) is 1.14. The average molecular weight is 249 g/mol. The molecule has 0 saturated carbocycles. The zero-order valence-corrected chi connectivity index (χ0v) is 10.0. The number of rotatable bonds is 5. The van der Waals surface area contributed by atoms with Crippen molar-refractivity contribution < 1.29 is 19.8 Å². The van der Waals surface area contributed by atoms with Gasteiger partial charge in [-0.3, -0.25) is 9.59 Å². The van der Waals surface area contributed by atoms with Crippen molar-refractivity contribution in [3.8, 4) is 5.75 Å². The van der Waals surface area contributed by atoms with Gasteiger partial charge in [-0.25, -0.2) is 0 Å². The predicted octanol–water partition coefficient (Wildman–Crippen LogP) is 1.17. The normalized spacial score (nSPS) is 10.5. The van der Waals surface area contributed by atoms with Crippen molar-refractivity contribution in [1.82, 2.24) is 5.32 Å². The van der Waals surface area contributed by atoms with Crippen LogP contribution in [-0.2, 0) is 16.0 Å². The second-order valence-electron chi connectivity index (χ2n) is 3.80. The van der Waals surface area contributed by atoms with Gasteiger partial charge < -0.3 is 15.5 Å². The Labute approximate surface area is 105 Å². The summed E-state index contributed by atoms with van der Waals surface area (Å²) in [6.07, 6.45) is 3.23. The molecular formula is C13H15NO4. The molecule has 0 radical (unpaired) electrons. The van der Waals surface area contributed by atoms with E-state index in [0.29, 0.717) is 17.7 Å². The van der Waals surface area contributed by atoms with Crippen LogP contribution >= 0.6 is 0 Å². The van der Waals surface area contributed by atoms with Gasteiger partial charge >= 0.3 is 5.97 Å². The third kappa shape index (κ3) is 4.69. The molecule has 0 atom stereocenters. The zero-order chi connectivity index (χ0) is 13.5. The van der Waals surface area contributed by atoms with Crippen LogP contribution in [0, 0.1) is 0 Å². The number of carboxylic acids is 1. The van der Waals surface area contributed by atoms with Crippen LogP contribution < -0.4 is 5.32 Å². The van der Waals surface area contributed by atoms with Crippen LogP contribution in [0.3, 0.4) is 0 Å². The summed E-state index contributed by atoms with van der Waals surface area (Å²) >= 11 is 0. The van der Waals surface area contributed by atoms with Crippen molar-refractivity contribution in [2.24, 2.45) is 0 Å². The largest absolute Gasteiger partial charge is 0.507 e. The first-order valence-corrected chi connectivity index (χ1v) is 5.43. The summed E-state index contributed by atoms with van der Waals surface area (Å²) in [6, 6.07) is 4.62. The van der Waals surface area contributed by atoms with Gasteiger partial charge in [-0.2, -0.15) is 0 Å². The predicted molar refractivity (Wildman–Crippen MR) is 67.2 cm³/mol. The highest BCUT2D eigenvalue weighted by atomic mass is 16.4. The lowest BCUT2D eigenvalue weighted by Gasteiger charge is -2.03. The fourth-order valence-electron chi connectivity index (χ4n) is 1.41. The molecule has 0 aromatic heterocycles.